The molecule has 0 saturated carbocycles. The Morgan fingerprint density at radius 2 is 1.84 bits per heavy atom. The Labute approximate surface area is 178 Å². The molecular formula is C23H22F2N2O4. The SMILES string of the molecule is CCC(F)(F)c1cccc(CC(=O)C2C(=O)N(c3ccc(OC)cc3)N=C2C(C)=O)c1. The van der Waals surface area contributed by atoms with Gasteiger partial charge >= 0.3 is 0 Å². The first-order valence-electron chi connectivity index (χ1n) is 9.75. The monoisotopic (exact) mass is 428 g/mol. The van der Waals surface area contributed by atoms with Gasteiger partial charge in [0.25, 0.3) is 11.8 Å². The first-order chi connectivity index (χ1) is 14.7. The number of amides is 1. The molecular weight excluding hydrogens is 406 g/mol. The third-order valence-electron chi connectivity index (χ3n) is 5.11. The predicted molar refractivity (Wildman–Crippen MR) is 111 cm³/mol. The zero-order valence-electron chi connectivity index (χ0n) is 17.4. The number of anilines is 1. The number of methoxy groups -OCH3 is 1. The Kier molecular flexibility index (Phi) is 6.29. The molecule has 0 spiro atoms. The van der Waals surface area contributed by atoms with Crippen LogP contribution >= 0.6 is 0 Å². The van der Waals surface area contributed by atoms with Gasteiger partial charge < -0.3 is 4.74 Å². The minimum absolute atomic E-state index is 0.166. The first-order valence-corrected chi connectivity index (χ1v) is 9.75. The summed E-state index contributed by atoms with van der Waals surface area (Å²) in [6, 6.07) is 12.0. The van der Waals surface area contributed by atoms with Crippen LogP contribution in [-0.2, 0) is 26.7 Å². The van der Waals surface area contributed by atoms with E-state index < -0.39 is 29.3 Å². The van der Waals surface area contributed by atoms with E-state index in [1.807, 2.05) is 0 Å². The van der Waals surface area contributed by atoms with Gasteiger partial charge in [-0.25, -0.2) is 8.78 Å². The van der Waals surface area contributed by atoms with Crippen molar-refractivity contribution in [2.75, 3.05) is 12.1 Å². The van der Waals surface area contributed by atoms with E-state index in [1.54, 1.807) is 30.3 Å². The molecule has 0 aliphatic carbocycles. The summed E-state index contributed by atoms with van der Waals surface area (Å²) in [7, 11) is 1.50. The molecule has 1 amide bonds. The second-order valence-corrected chi connectivity index (χ2v) is 7.22. The van der Waals surface area contributed by atoms with Crippen molar-refractivity contribution in [1.29, 1.82) is 0 Å². The maximum Gasteiger partial charge on any atom is 0.273 e. The predicted octanol–water partition coefficient (Wildman–Crippen LogP) is 3.92. The van der Waals surface area contributed by atoms with Crippen LogP contribution in [-0.4, -0.2) is 30.3 Å². The molecule has 0 N–H and O–H groups in total. The average molecular weight is 428 g/mol. The van der Waals surface area contributed by atoms with Crippen molar-refractivity contribution in [2.45, 2.75) is 32.6 Å². The van der Waals surface area contributed by atoms with Crippen LogP contribution in [0.2, 0.25) is 0 Å². The van der Waals surface area contributed by atoms with E-state index in [1.165, 1.54) is 39.2 Å². The van der Waals surface area contributed by atoms with E-state index in [4.69, 9.17) is 4.74 Å². The summed E-state index contributed by atoms with van der Waals surface area (Å²) in [5.41, 5.74) is 0.359. The number of alkyl halides is 2. The number of carbonyl (C=O) groups is 3. The van der Waals surface area contributed by atoms with E-state index in [-0.39, 0.29) is 24.1 Å². The summed E-state index contributed by atoms with van der Waals surface area (Å²) in [6.45, 7) is 2.60. The molecule has 162 valence electrons. The molecule has 1 unspecified atom stereocenters. The molecule has 2 aromatic rings. The largest absolute Gasteiger partial charge is 0.497 e. The molecule has 0 radical (unpaired) electrons. The van der Waals surface area contributed by atoms with Gasteiger partial charge in [0.05, 0.1) is 12.8 Å². The average Bonchev–Trinajstić information content (AvgIpc) is 3.11. The van der Waals surface area contributed by atoms with Crippen molar-refractivity contribution in [3.8, 4) is 5.75 Å². The van der Waals surface area contributed by atoms with Crippen LogP contribution in [0.15, 0.2) is 53.6 Å². The molecule has 6 nitrogen and oxygen atoms in total. The fourth-order valence-electron chi connectivity index (χ4n) is 3.34. The van der Waals surface area contributed by atoms with Gasteiger partial charge in [-0.1, -0.05) is 25.1 Å². The van der Waals surface area contributed by atoms with E-state index in [2.05, 4.69) is 5.10 Å². The van der Waals surface area contributed by atoms with Gasteiger partial charge in [-0.15, -0.1) is 0 Å². The molecule has 0 aromatic heterocycles. The number of hydrogen-bond acceptors (Lipinski definition) is 5. The van der Waals surface area contributed by atoms with E-state index in [0.29, 0.717) is 17.0 Å². The maximum atomic E-state index is 14.0. The van der Waals surface area contributed by atoms with Gasteiger partial charge in [-0.2, -0.15) is 10.1 Å². The topological polar surface area (TPSA) is 76.0 Å². The summed E-state index contributed by atoms with van der Waals surface area (Å²) in [5, 5.41) is 5.09. The molecule has 0 saturated heterocycles. The highest BCUT2D eigenvalue weighted by molar-refractivity contribution is 6.50. The van der Waals surface area contributed by atoms with Crippen molar-refractivity contribution in [3.05, 3.63) is 59.7 Å². The number of ether oxygens (including phenoxy) is 1. The standard InChI is InChI=1S/C23H22F2N2O4/c1-4-23(24,25)16-7-5-6-15(12-16)13-19(29)20-21(14(2)28)26-27(22(20)30)17-8-10-18(31-3)11-9-17/h5-12,20H,4,13H2,1-3H3. The fourth-order valence-corrected chi connectivity index (χ4v) is 3.34. The molecule has 8 heteroatoms. The number of benzene rings is 2. The summed E-state index contributed by atoms with van der Waals surface area (Å²) in [5.74, 6) is -5.56. The minimum atomic E-state index is -3.01. The van der Waals surface area contributed by atoms with Crippen molar-refractivity contribution < 1.29 is 27.9 Å². The van der Waals surface area contributed by atoms with Gasteiger partial charge in [0.1, 0.15) is 17.4 Å². The van der Waals surface area contributed by atoms with Crippen LogP contribution in [0.3, 0.4) is 0 Å². The third-order valence-corrected chi connectivity index (χ3v) is 5.11. The van der Waals surface area contributed by atoms with Crippen molar-refractivity contribution in [2.24, 2.45) is 11.0 Å². The first kappa shape index (κ1) is 22.3. The molecule has 3 rings (SSSR count). The molecule has 0 bridgehead atoms. The minimum Gasteiger partial charge on any atom is -0.497 e. The lowest BCUT2D eigenvalue weighted by molar-refractivity contribution is -0.129. The van der Waals surface area contributed by atoms with Crippen LogP contribution < -0.4 is 9.75 Å². The summed E-state index contributed by atoms with van der Waals surface area (Å²) >= 11 is 0. The molecule has 1 aliphatic heterocycles. The Balaban J connectivity index is 1.86. The van der Waals surface area contributed by atoms with Crippen molar-refractivity contribution in [1.82, 2.24) is 0 Å². The molecule has 1 atom stereocenters. The second-order valence-electron chi connectivity index (χ2n) is 7.22. The van der Waals surface area contributed by atoms with Crippen molar-refractivity contribution >= 4 is 28.9 Å². The quantitative estimate of drug-likeness (QED) is 0.598. The van der Waals surface area contributed by atoms with Crippen LogP contribution in [0.25, 0.3) is 0 Å². The second kappa shape index (κ2) is 8.75. The summed E-state index contributed by atoms with van der Waals surface area (Å²) in [6.07, 6.45) is -0.643. The van der Waals surface area contributed by atoms with Gasteiger partial charge in [-0.05, 0) is 35.9 Å². The third kappa shape index (κ3) is 4.52. The van der Waals surface area contributed by atoms with Gasteiger partial charge in [0.15, 0.2) is 11.6 Å². The lowest BCUT2D eigenvalue weighted by Crippen LogP contribution is -2.36. The number of ketones is 2. The number of hydrogen-bond donors (Lipinski definition) is 0. The van der Waals surface area contributed by atoms with E-state index in [0.717, 1.165) is 5.01 Å². The van der Waals surface area contributed by atoms with Crippen LogP contribution in [0.4, 0.5) is 14.5 Å². The lowest BCUT2D eigenvalue weighted by Gasteiger charge is -2.16. The Morgan fingerprint density at radius 3 is 2.42 bits per heavy atom. The van der Waals surface area contributed by atoms with E-state index in [9.17, 15) is 23.2 Å². The number of hydrazone groups is 1. The van der Waals surface area contributed by atoms with Crippen LogP contribution in [0.5, 0.6) is 5.75 Å². The number of nitrogens with zero attached hydrogens (tertiary/aromatic N) is 2. The summed E-state index contributed by atoms with van der Waals surface area (Å²) in [4.78, 5) is 38.0. The zero-order valence-corrected chi connectivity index (χ0v) is 17.4. The normalized spacial score (nSPS) is 16.3. The Morgan fingerprint density at radius 1 is 1.16 bits per heavy atom. The Hall–Kier alpha value is -3.42. The smallest absolute Gasteiger partial charge is 0.273 e. The van der Waals surface area contributed by atoms with E-state index >= 15 is 0 Å². The molecule has 2 aromatic carbocycles. The fraction of sp³-hybridized carbons (Fsp3) is 0.304. The number of halogens is 2. The highest BCUT2D eigenvalue weighted by Crippen LogP contribution is 2.32. The summed E-state index contributed by atoms with van der Waals surface area (Å²) < 4.78 is 33.1. The highest BCUT2D eigenvalue weighted by Gasteiger charge is 2.43. The number of carbonyl (C=O) groups excluding carboxylic acids is 3. The molecule has 1 heterocycles. The zero-order chi connectivity index (χ0) is 22.8. The van der Waals surface area contributed by atoms with Gasteiger partial charge in [-0.3, -0.25) is 14.4 Å². The number of Topliss-reactive ketones (excluding diaryl/α,β-unsaturated/α-hetero) is 2. The lowest BCUT2D eigenvalue weighted by atomic mass is 9.91. The Bertz CT molecular complexity index is 1050. The van der Waals surface area contributed by atoms with Gasteiger partial charge in [0.2, 0.25) is 0 Å². The van der Waals surface area contributed by atoms with Crippen LogP contribution in [0.1, 0.15) is 31.4 Å². The maximum absolute atomic E-state index is 14.0. The van der Waals surface area contributed by atoms with Gasteiger partial charge in [0, 0.05) is 25.3 Å². The molecule has 0 fully saturated rings. The van der Waals surface area contributed by atoms with Crippen molar-refractivity contribution in [3.63, 3.8) is 0 Å². The molecule has 31 heavy (non-hydrogen) atoms. The number of rotatable bonds is 8. The molecule has 1 aliphatic rings. The van der Waals surface area contributed by atoms with Crippen LogP contribution in [0, 0.1) is 5.92 Å². The highest BCUT2D eigenvalue weighted by atomic mass is 19.3.